The predicted molar refractivity (Wildman–Crippen MR) is 146 cm³/mol. The van der Waals surface area contributed by atoms with Crippen molar-refractivity contribution in [2.24, 2.45) is 5.92 Å². The van der Waals surface area contributed by atoms with E-state index in [0.717, 1.165) is 21.7 Å². The number of benzene rings is 3. The molecule has 1 heterocycles. The maximum atomic E-state index is 6.69. The van der Waals surface area contributed by atoms with E-state index in [9.17, 15) is 0 Å². The van der Waals surface area contributed by atoms with Gasteiger partial charge in [0.25, 0.3) is 0 Å². The summed E-state index contributed by atoms with van der Waals surface area (Å²) in [5.41, 5.74) is 2.70. The van der Waals surface area contributed by atoms with Gasteiger partial charge in [-0.25, -0.2) is 4.98 Å². The number of aromatic nitrogens is 2. The van der Waals surface area contributed by atoms with Crippen LogP contribution in [-0.2, 0) is 25.0 Å². The Morgan fingerprint density at radius 3 is 1.68 bits per heavy atom. The minimum atomic E-state index is -0.586. The number of imidazole rings is 1. The van der Waals surface area contributed by atoms with E-state index in [4.69, 9.17) is 11.6 Å². The first-order valence-corrected chi connectivity index (χ1v) is 12.3. The average Bonchev–Trinajstić information content (AvgIpc) is 3.43. The molecule has 0 N–H and O–H groups in total. The molecule has 1 fully saturated rings. The first-order chi connectivity index (χ1) is 17.0. The van der Waals surface area contributed by atoms with Gasteiger partial charge < -0.3 is 29.4 Å². The maximum Gasteiger partial charge on any atom is 2.00 e. The Balaban J connectivity index is 0.000000477. The van der Waals surface area contributed by atoms with Crippen LogP contribution in [0.2, 0.25) is 5.02 Å². The van der Waals surface area contributed by atoms with E-state index in [1.807, 2.05) is 42.9 Å². The third-order valence-electron chi connectivity index (χ3n) is 6.28. The molecule has 2 nitrogen and oxygen atoms in total. The molecule has 0 bridgehead atoms. The van der Waals surface area contributed by atoms with Crippen LogP contribution in [-0.4, -0.2) is 9.55 Å². The summed E-state index contributed by atoms with van der Waals surface area (Å²) < 4.78 is 2.12. The number of hydrogen-bond donors (Lipinski definition) is 0. The fourth-order valence-corrected chi connectivity index (χ4v) is 4.71. The monoisotopic (exact) mass is 650 g/mol. The summed E-state index contributed by atoms with van der Waals surface area (Å²) in [5.74, 6) is 3.41. The Labute approximate surface area is 259 Å². The van der Waals surface area contributed by atoms with Crippen molar-refractivity contribution in [2.75, 3.05) is 0 Å². The summed E-state index contributed by atoms with van der Waals surface area (Å²) in [6.07, 6.45) is 14.4. The first kappa shape index (κ1) is 34.4. The molecule has 0 aliphatic heterocycles. The maximum absolute atomic E-state index is 6.69. The molecule has 0 saturated heterocycles. The van der Waals surface area contributed by atoms with Crippen LogP contribution in [0.5, 0.6) is 0 Å². The Kier molecular flexibility index (Phi) is 14.9. The summed E-state index contributed by atoms with van der Waals surface area (Å²) >= 11 is 6.69. The number of rotatable bonds is 5. The molecular weight excluding hydrogens is 620 g/mol. The van der Waals surface area contributed by atoms with E-state index in [2.05, 4.69) is 111 Å². The second kappa shape index (κ2) is 16.5. The molecular formula is C32H31Cl3N2Ru. The Bertz CT molecular complexity index is 1120. The zero-order chi connectivity index (χ0) is 24.7. The van der Waals surface area contributed by atoms with Gasteiger partial charge >= 0.3 is 19.5 Å². The molecule has 0 amide bonds. The van der Waals surface area contributed by atoms with Crippen LogP contribution >= 0.6 is 11.6 Å². The van der Waals surface area contributed by atoms with Crippen LogP contribution in [0.25, 0.3) is 0 Å². The summed E-state index contributed by atoms with van der Waals surface area (Å²) in [6, 6.07) is 28.8. The van der Waals surface area contributed by atoms with E-state index >= 15 is 0 Å². The molecule has 38 heavy (non-hydrogen) atoms. The van der Waals surface area contributed by atoms with Gasteiger partial charge in [0.15, 0.2) is 0 Å². The Morgan fingerprint density at radius 2 is 1.24 bits per heavy atom. The second-order valence-corrected chi connectivity index (χ2v) is 9.36. The fraction of sp³-hybridized carbons (Fsp3) is 0.156. The molecule has 1 aromatic heterocycles. The number of nitrogens with zero attached hydrogens (tertiary/aromatic N) is 2. The van der Waals surface area contributed by atoms with Gasteiger partial charge in [-0.3, -0.25) is 0 Å². The van der Waals surface area contributed by atoms with Crippen molar-refractivity contribution >= 4 is 11.6 Å². The largest absolute Gasteiger partial charge is 2.00 e. The van der Waals surface area contributed by atoms with E-state index in [1.165, 1.54) is 11.8 Å². The molecule has 1 aliphatic carbocycles. The van der Waals surface area contributed by atoms with Crippen LogP contribution in [0.3, 0.4) is 0 Å². The predicted octanol–water partition coefficient (Wildman–Crippen LogP) is 2.02. The van der Waals surface area contributed by atoms with Crippen molar-refractivity contribution in [3.63, 3.8) is 0 Å². The zero-order valence-corrected chi connectivity index (χ0v) is 25.6. The molecule has 0 spiro atoms. The molecule has 0 unspecified atom stereocenters. The minimum absolute atomic E-state index is 0. The summed E-state index contributed by atoms with van der Waals surface area (Å²) in [6.45, 7) is 6.54. The Hall–Kier alpha value is -1.64. The molecule has 0 atom stereocenters. The van der Waals surface area contributed by atoms with Crippen molar-refractivity contribution in [2.45, 2.75) is 26.3 Å². The van der Waals surface area contributed by atoms with Crippen LogP contribution in [0.4, 0.5) is 0 Å². The molecule has 5 rings (SSSR count). The smallest absolute Gasteiger partial charge is 1.00 e. The van der Waals surface area contributed by atoms with E-state index in [0.29, 0.717) is 5.92 Å². The quantitative estimate of drug-likeness (QED) is 0.239. The molecule has 198 valence electrons. The zero-order valence-electron chi connectivity index (χ0n) is 21.6. The summed E-state index contributed by atoms with van der Waals surface area (Å²) in [5, 5.41) is 0.726. The van der Waals surface area contributed by atoms with Crippen LogP contribution in [0.15, 0.2) is 104 Å². The van der Waals surface area contributed by atoms with Crippen LogP contribution in [0, 0.1) is 43.4 Å². The van der Waals surface area contributed by atoms with Crippen molar-refractivity contribution in [3.05, 3.63) is 163 Å². The second-order valence-electron chi connectivity index (χ2n) is 8.96. The first-order valence-electron chi connectivity index (χ1n) is 11.9. The van der Waals surface area contributed by atoms with Gasteiger partial charge in [-0.15, -0.1) is 0 Å². The van der Waals surface area contributed by atoms with Crippen molar-refractivity contribution in [1.82, 2.24) is 9.55 Å². The van der Waals surface area contributed by atoms with Crippen LogP contribution in [0.1, 0.15) is 37.5 Å². The van der Waals surface area contributed by atoms with E-state index < -0.39 is 5.54 Å². The topological polar surface area (TPSA) is 17.8 Å². The van der Waals surface area contributed by atoms with Gasteiger partial charge in [-0.2, -0.15) is 0 Å². The van der Waals surface area contributed by atoms with Gasteiger partial charge in [0.2, 0.25) is 0 Å². The van der Waals surface area contributed by atoms with Gasteiger partial charge in [0.1, 0.15) is 5.54 Å². The standard InChI is InChI=1S/C22H17ClN2.C10H14.2ClH.Ru/c23-21-14-8-7-13-20(21)22(25-16-15-24-17-25,18-9-3-1-4-10-18)19-11-5-2-6-12-19;1-8(2)10-6-4-9(3)5-7-10;;;/h1-17H;4-8H,1-3H3;2*1H;/q;;;;+2/p-2. The normalized spacial score (nSPS) is 13.8. The van der Waals surface area contributed by atoms with E-state index in [1.54, 1.807) is 6.20 Å². The van der Waals surface area contributed by atoms with Gasteiger partial charge in [-0.1, -0.05) is 111 Å². The summed E-state index contributed by atoms with van der Waals surface area (Å²) in [4.78, 5) is 4.31. The van der Waals surface area contributed by atoms with Crippen molar-refractivity contribution < 1.29 is 44.3 Å². The fourth-order valence-electron chi connectivity index (χ4n) is 4.44. The van der Waals surface area contributed by atoms with Crippen molar-refractivity contribution in [3.8, 4) is 0 Å². The summed E-state index contributed by atoms with van der Waals surface area (Å²) in [7, 11) is 0. The Morgan fingerprint density at radius 1 is 0.737 bits per heavy atom. The average molecular weight is 651 g/mol. The van der Waals surface area contributed by atoms with Crippen molar-refractivity contribution in [1.29, 1.82) is 0 Å². The van der Waals surface area contributed by atoms with E-state index in [-0.39, 0.29) is 44.3 Å². The van der Waals surface area contributed by atoms with Crippen LogP contribution < -0.4 is 24.8 Å². The number of halogens is 3. The van der Waals surface area contributed by atoms with Gasteiger partial charge in [0.05, 0.1) is 6.33 Å². The molecule has 3 aromatic carbocycles. The minimum Gasteiger partial charge on any atom is -1.00 e. The van der Waals surface area contributed by atoms with Gasteiger partial charge in [0, 0.05) is 23.0 Å². The number of hydrogen-bond acceptors (Lipinski definition) is 1. The third kappa shape index (κ3) is 7.73. The third-order valence-corrected chi connectivity index (χ3v) is 6.61. The SMILES string of the molecule is C[C]1[CH][CH][C](C(C)C)[CH][CH]1.Clc1ccccc1C(c1ccccc1)(c1ccccc1)n1ccnc1.[Cl-].[Cl-].[Ru+2]. The molecule has 1 saturated carbocycles. The molecule has 4 aromatic rings. The molecule has 6 radical (unpaired) electrons. The molecule has 6 heteroatoms. The van der Waals surface area contributed by atoms with Gasteiger partial charge in [-0.05, 0) is 60.6 Å². The molecule has 1 aliphatic rings.